The molecule has 1 aliphatic heterocycles. The first kappa shape index (κ1) is 14.3. The summed E-state index contributed by atoms with van der Waals surface area (Å²) in [6, 6.07) is 1.12. The van der Waals surface area contributed by atoms with E-state index in [-0.39, 0.29) is 6.10 Å². The Balaban J connectivity index is 1.73. The van der Waals surface area contributed by atoms with Gasteiger partial charge in [0.05, 0.1) is 6.10 Å². The number of aliphatic hydroxyl groups excluding tert-OH is 1. The molecule has 0 aromatic carbocycles. The molecule has 2 N–H and O–H groups in total. The zero-order chi connectivity index (χ0) is 13.0. The summed E-state index contributed by atoms with van der Waals surface area (Å²) in [7, 11) is 0. The molecule has 2 aliphatic rings. The van der Waals surface area contributed by atoms with Gasteiger partial charge < -0.3 is 10.4 Å². The van der Waals surface area contributed by atoms with E-state index < -0.39 is 0 Å². The molecule has 106 valence electrons. The first-order valence-corrected chi connectivity index (χ1v) is 7.88. The fraction of sp³-hybridized carbons (Fsp3) is 1.00. The molecule has 0 aromatic heterocycles. The molecule has 18 heavy (non-hydrogen) atoms. The standard InChI is InChI=1S/C15H30N2O/c1-3-9-16-12(2)13-7-10-17(11-8-13)14-5-4-6-15(14)18/h12-16,18H,3-11H2,1-2H3. The number of hydrogen-bond acceptors (Lipinski definition) is 3. The quantitative estimate of drug-likeness (QED) is 0.788. The van der Waals surface area contributed by atoms with E-state index in [0.29, 0.717) is 12.1 Å². The van der Waals surface area contributed by atoms with E-state index in [1.54, 1.807) is 0 Å². The van der Waals surface area contributed by atoms with Crippen LogP contribution in [0, 0.1) is 5.92 Å². The molecule has 0 spiro atoms. The third kappa shape index (κ3) is 3.46. The van der Waals surface area contributed by atoms with Crippen LogP contribution in [-0.2, 0) is 0 Å². The number of nitrogens with one attached hydrogen (secondary N) is 1. The van der Waals surface area contributed by atoms with E-state index in [9.17, 15) is 5.11 Å². The Morgan fingerprint density at radius 1 is 1.22 bits per heavy atom. The molecule has 3 heteroatoms. The van der Waals surface area contributed by atoms with Gasteiger partial charge >= 0.3 is 0 Å². The maximum Gasteiger partial charge on any atom is 0.0695 e. The molecule has 1 saturated carbocycles. The summed E-state index contributed by atoms with van der Waals surface area (Å²) < 4.78 is 0. The lowest BCUT2D eigenvalue weighted by Crippen LogP contribution is -2.48. The Kier molecular flexibility index (Phi) is 5.46. The van der Waals surface area contributed by atoms with Crippen LogP contribution >= 0.6 is 0 Å². The molecule has 2 fully saturated rings. The van der Waals surface area contributed by atoms with E-state index in [2.05, 4.69) is 24.1 Å². The van der Waals surface area contributed by atoms with Crippen LogP contribution < -0.4 is 5.32 Å². The van der Waals surface area contributed by atoms with Crippen molar-refractivity contribution in [3.8, 4) is 0 Å². The van der Waals surface area contributed by atoms with E-state index >= 15 is 0 Å². The molecular formula is C15H30N2O. The van der Waals surface area contributed by atoms with Gasteiger partial charge in [0.25, 0.3) is 0 Å². The highest BCUT2D eigenvalue weighted by molar-refractivity contribution is 4.89. The van der Waals surface area contributed by atoms with Gasteiger partial charge in [-0.05, 0) is 71.0 Å². The lowest BCUT2D eigenvalue weighted by atomic mass is 9.89. The zero-order valence-electron chi connectivity index (χ0n) is 12.1. The van der Waals surface area contributed by atoms with Crippen molar-refractivity contribution in [1.82, 2.24) is 10.2 Å². The van der Waals surface area contributed by atoms with Crippen molar-refractivity contribution < 1.29 is 5.11 Å². The molecular weight excluding hydrogens is 224 g/mol. The van der Waals surface area contributed by atoms with Crippen LogP contribution in [0.3, 0.4) is 0 Å². The Hall–Kier alpha value is -0.120. The second kappa shape index (κ2) is 6.88. The molecule has 1 heterocycles. The smallest absolute Gasteiger partial charge is 0.0695 e. The van der Waals surface area contributed by atoms with Gasteiger partial charge in [-0.25, -0.2) is 0 Å². The van der Waals surface area contributed by atoms with Crippen molar-refractivity contribution in [1.29, 1.82) is 0 Å². The third-order valence-corrected chi connectivity index (χ3v) is 4.91. The highest BCUT2D eigenvalue weighted by Gasteiger charge is 2.33. The van der Waals surface area contributed by atoms with Crippen molar-refractivity contribution >= 4 is 0 Å². The molecule has 0 aromatic rings. The van der Waals surface area contributed by atoms with Gasteiger partial charge in [-0.3, -0.25) is 4.90 Å². The molecule has 2 rings (SSSR count). The summed E-state index contributed by atoms with van der Waals surface area (Å²) in [5.74, 6) is 0.825. The predicted octanol–water partition coefficient (Wildman–Crippen LogP) is 2.00. The third-order valence-electron chi connectivity index (χ3n) is 4.91. The lowest BCUT2D eigenvalue weighted by Gasteiger charge is -2.39. The largest absolute Gasteiger partial charge is 0.391 e. The van der Waals surface area contributed by atoms with Crippen LogP contribution in [0.25, 0.3) is 0 Å². The van der Waals surface area contributed by atoms with Gasteiger partial charge in [0, 0.05) is 12.1 Å². The van der Waals surface area contributed by atoms with Crippen LogP contribution in [0.2, 0.25) is 0 Å². The number of rotatable bonds is 5. The summed E-state index contributed by atoms with van der Waals surface area (Å²) in [4.78, 5) is 2.54. The van der Waals surface area contributed by atoms with Gasteiger partial charge in [-0.2, -0.15) is 0 Å². The maximum atomic E-state index is 9.98. The highest BCUT2D eigenvalue weighted by atomic mass is 16.3. The molecule has 1 saturated heterocycles. The van der Waals surface area contributed by atoms with Crippen LogP contribution in [-0.4, -0.2) is 47.8 Å². The van der Waals surface area contributed by atoms with Gasteiger partial charge in [-0.15, -0.1) is 0 Å². The van der Waals surface area contributed by atoms with E-state index in [1.807, 2.05) is 0 Å². The average molecular weight is 254 g/mol. The van der Waals surface area contributed by atoms with Crippen LogP contribution in [0.5, 0.6) is 0 Å². The second-order valence-electron chi connectivity index (χ2n) is 6.18. The van der Waals surface area contributed by atoms with Crippen molar-refractivity contribution in [3.05, 3.63) is 0 Å². The summed E-state index contributed by atoms with van der Waals surface area (Å²) in [6.45, 7) is 8.07. The number of hydrogen-bond donors (Lipinski definition) is 2. The second-order valence-corrected chi connectivity index (χ2v) is 6.18. The van der Waals surface area contributed by atoms with E-state index in [1.165, 1.54) is 45.2 Å². The molecule has 3 unspecified atom stereocenters. The molecule has 0 bridgehead atoms. The monoisotopic (exact) mass is 254 g/mol. The van der Waals surface area contributed by atoms with Gasteiger partial charge in [-0.1, -0.05) is 6.92 Å². The number of nitrogens with zero attached hydrogens (tertiary/aromatic N) is 1. The Morgan fingerprint density at radius 3 is 2.50 bits per heavy atom. The fourth-order valence-electron chi connectivity index (χ4n) is 3.64. The van der Waals surface area contributed by atoms with Crippen LogP contribution in [0.4, 0.5) is 0 Å². The molecule has 0 radical (unpaired) electrons. The van der Waals surface area contributed by atoms with Gasteiger partial charge in [0.2, 0.25) is 0 Å². The van der Waals surface area contributed by atoms with Crippen molar-refractivity contribution in [2.45, 2.75) is 70.6 Å². The molecule has 0 amide bonds. The minimum Gasteiger partial charge on any atom is -0.391 e. The van der Waals surface area contributed by atoms with Crippen molar-refractivity contribution in [2.75, 3.05) is 19.6 Å². The van der Waals surface area contributed by atoms with Crippen LogP contribution in [0.15, 0.2) is 0 Å². The summed E-state index contributed by atoms with van der Waals surface area (Å²) in [5.41, 5.74) is 0. The first-order valence-electron chi connectivity index (χ1n) is 7.88. The molecule has 3 nitrogen and oxygen atoms in total. The maximum absolute atomic E-state index is 9.98. The summed E-state index contributed by atoms with van der Waals surface area (Å²) in [5, 5.41) is 13.6. The summed E-state index contributed by atoms with van der Waals surface area (Å²) >= 11 is 0. The molecule has 1 aliphatic carbocycles. The molecule has 3 atom stereocenters. The van der Waals surface area contributed by atoms with Crippen molar-refractivity contribution in [3.63, 3.8) is 0 Å². The fourth-order valence-corrected chi connectivity index (χ4v) is 3.64. The van der Waals surface area contributed by atoms with E-state index in [4.69, 9.17) is 0 Å². The topological polar surface area (TPSA) is 35.5 Å². The highest BCUT2D eigenvalue weighted by Crippen LogP contribution is 2.29. The number of likely N-dealkylation sites (tertiary alicyclic amines) is 1. The minimum atomic E-state index is -0.0582. The van der Waals surface area contributed by atoms with Crippen LogP contribution in [0.1, 0.15) is 52.4 Å². The predicted molar refractivity (Wildman–Crippen MR) is 75.7 cm³/mol. The SMILES string of the molecule is CCCNC(C)C1CCN(C2CCCC2O)CC1. The Morgan fingerprint density at radius 2 is 1.94 bits per heavy atom. The Bertz CT molecular complexity index is 239. The summed E-state index contributed by atoms with van der Waals surface area (Å²) in [6.07, 6.45) is 7.17. The number of aliphatic hydroxyl groups is 1. The Labute approximate surface area is 112 Å². The van der Waals surface area contributed by atoms with Gasteiger partial charge in [0.15, 0.2) is 0 Å². The normalized spacial score (nSPS) is 32.8. The minimum absolute atomic E-state index is 0.0582. The van der Waals surface area contributed by atoms with E-state index in [0.717, 1.165) is 18.9 Å². The van der Waals surface area contributed by atoms with Gasteiger partial charge in [0.1, 0.15) is 0 Å². The lowest BCUT2D eigenvalue weighted by molar-refractivity contribution is 0.0440. The van der Waals surface area contributed by atoms with Crippen molar-refractivity contribution in [2.24, 2.45) is 5.92 Å². The number of piperidine rings is 1. The average Bonchev–Trinajstić information content (AvgIpc) is 2.82. The zero-order valence-corrected chi connectivity index (χ0v) is 12.1. The first-order chi connectivity index (χ1) is 8.72.